The van der Waals surface area contributed by atoms with Crippen LogP contribution in [-0.4, -0.2) is 23.6 Å². The molecule has 1 amide bonds. The molecular formula is C13H16N2O3S. The molecule has 5 nitrogen and oxygen atoms in total. The van der Waals surface area contributed by atoms with Crippen LogP contribution in [0.25, 0.3) is 0 Å². The zero-order chi connectivity index (χ0) is 14.3. The van der Waals surface area contributed by atoms with E-state index >= 15 is 0 Å². The van der Waals surface area contributed by atoms with Gasteiger partial charge in [0, 0.05) is 17.5 Å². The number of nitrogens with one attached hydrogen (secondary N) is 1. The van der Waals surface area contributed by atoms with Gasteiger partial charge < -0.3 is 5.32 Å². The highest BCUT2D eigenvalue weighted by Gasteiger charge is 2.20. The van der Waals surface area contributed by atoms with Gasteiger partial charge in [0.25, 0.3) is 11.6 Å². The van der Waals surface area contributed by atoms with E-state index in [0.29, 0.717) is 13.0 Å². The van der Waals surface area contributed by atoms with Gasteiger partial charge in [0.1, 0.15) is 5.56 Å². The van der Waals surface area contributed by atoms with Crippen LogP contribution in [0.15, 0.2) is 35.2 Å². The number of amides is 1. The Hall–Kier alpha value is -1.82. The van der Waals surface area contributed by atoms with Gasteiger partial charge in [-0.1, -0.05) is 12.2 Å². The van der Waals surface area contributed by atoms with E-state index in [1.807, 2.05) is 25.3 Å². The second-order valence-corrected chi connectivity index (χ2v) is 4.63. The van der Waals surface area contributed by atoms with Gasteiger partial charge >= 0.3 is 0 Å². The van der Waals surface area contributed by atoms with Crippen molar-refractivity contribution in [3.05, 3.63) is 46.0 Å². The first-order chi connectivity index (χ1) is 9.10. The van der Waals surface area contributed by atoms with Crippen LogP contribution in [0.1, 0.15) is 23.7 Å². The van der Waals surface area contributed by atoms with Gasteiger partial charge in [-0.25, -0.2) is 0 Å². The maximum atomic E-state index is 12.0. The van der Waals surface area contributed by atoms with Crippen molar-refractivity contribution in [3.63, 3.8) is 0 Å². The highest BCUT2D eigenvalue weighted by atomic mass is 32.2. The van der Waals surface area contributed by atoms with Crippen molar-refractivity contribution in [2.75, 3.05) is 12.8 Å². The minimum absolute atomic E-state index is 0.109. The van der Waals surface area contributed by atoms with E-state index in [4.69, 9.17) is 0 Å². The third-order valence-electron chi connectivity index (χ3n) is 2.48. The van der Waals surface area contributed by atoms with Gasteiger partial charge in [0.05, 0.1) is 4.92 Å². The highest BCUT2D eigenvalue weighted by molar-refractivity contribution is 7.98. The molecule has 0 atom stereocenters. The molecule has 0 spiro atoms. The van der Waals surface area contributed by atoms with Crippen LogP contribution < -0.4 is 5.32 Å². The smallest absolute Gasteiger partial charge is 0.282 e. The Morgan fingerprint density at radius 3 is 2.84 bits per heavy atom. The van der Waals surface area contributed by atoms with Crippen molar-refractivity contribution in [2.45, 2.75) is 18.2 Å². The largest absolute Gasteiger partial charge is 0.352 e. The quantitative estimate of drug-likeness (QED) is 0.286. The lowest BCUT2D eigenvalue weighted by atomic mass is 10.1. The van der Waals surface area contributed by atoms with E-state index in [-0.39, 0.29) is 11.3 Å². The lowest BCUT2D eigenvalue weighted by Gasteiger charge is -2.06. The van der Waals surface area contributed by atoms with Gasteiger partial charge in [0.2, 0.25) is 0 Å². The van der Waals surface area contributed by atoms with Crippen molar-refractivity contribution >= 4 is 23.4 Å². The number of thioether (sulfide) groups is 1. The lowest BCUT2D eigenvalue weighted by molar-refractivity contribution is -0.385. The molecule has 0 fully saturated rings. The van der Waals surface area contributed by atoms with Gasteiger partial charge in [-0.3, -0.25) is 14.9 Å². The molecule has 0 aliphatic rings. The molecule has 0 aliphatic carbocycles. The minimum atomic E-state index is -0.537. The maximum absolute atomic E-state index is 12.0. The number of hydrogen-bond donors (Lipinski definition) is 1. The van der Waals surface area contributed by atoms with Gasteiger partial charge in [-0.15, -0.1) is 11.8 Å². The van der Waals surface area contributed by atoms with Crippen LogP contribution in [0.2, 0.25) is 0 Å². The number of carbonyl (C=O) groups is 1. The molecule has 0 heterocycles. The van der Waals surface area contributed by atoms with Crippen molar-refractivity contribution in [1.29, 1.82) is 0 Å². The van der Waals surface area contributed by atoms with Gasteiger partial charge in [-0.2, -0.15) is 0 Å². The summed E-state index contributed by atoms with van der Waals surface area (Å²) < 4.78 is 0. The standard InChI is InChI=1S/C13H16N2O3S/c1-3-4-5-8-14-13(16)11-9-10(19-2)6-7-12(11)15(17)18/h3-4,6-7,9H,5,8H2,1-2H3,(H,14,16)/b4-3+. The molecule has 1 N–H and O–H groups in total. The molecule has 0 saturated carbocycles. The molecule has 0 aliphatic heterocycles. The molecular weight excluding hydrogens is 264 g/mol. The number of benzene rings is 1. The fourth-order valence-electron chi connectivity index (χ4n) is 1.51. The third kappa shape index (κ3) is 4.40. The average Bonchev–Trinajstić information content (AvgIpc) is 2.42. The van der Waals surface area contributed by atoms with E-state index < -0.39 is 10.8 Å². The number of carbonyl (C=O) groups excluding carboxylic acids is 1. The normalized spacial score (nSPS) is 10.6. The molecule has 0 unspecified atom stereocenters. The number of hydrogen-bond acceptors (Lipinski definition) is 4. The predicted molar refractivity (Wildman–Crippen MR) is 76.6 cm³/mol. The lowest BCUT2D eigenvalue weighted by Crippen LogP contribution is -2.25. The van der Waals surface area contributed by atoms with Crippen LogP contribution in [0.4, 0.5) is 5.69 Å². The molecule has 102 valence electrons. The second kappa shape index (κ2) is 7.58. The molecule has 6 heteroatoms. The number of nitrogens with zero attached hydrogens (tertiary/aromatic N) is 1. The van der Waals surface area contributed by atoms with Crippen LogP contribution in [0.3, 0.4) is 0 Å². The van der Waals surface area contributed by atoms with Crippen molar-refractivity contribution in [3.8, 4) is 0 Å². The topological polar surface area (TPSA) is 72.2 Å². The SMILES string of the molecule is C/C=C/CCNC(=O)c1cc(SC)ccc1[N+](=O)[O-]. The summed E-state index contributed by atoms with van der Waals surface area (Å²) in [7, 11) is 0. The highest BCUT2D eigenvalue weighted by Crippen LogP contribution is 2.24. The van der Waals surface area contributed by atoms with E-state index in [9.17, 15) is 14.9 Å². The molecule has 0 bridgehead atoms. The monoisotopic (exact) mass is 280 g/mol. The Morgan fingerprint density at radius 1 is 1.53 bits per heavy atom. The number of nitro benzene ring substituents is 1. The van der Waals surface area contributed by atoms with Crippen molar-refractivity contribution < 1.29 is 9.72 Å². The molecule has 0 aromatic heterocycles. The van der Waals surface area contributed by atoms with E-state index in [1.54, 1.807) is 12.1 Å². The summed E-state index contributed by atoms with van der Waals surface area (Å²) in [5.74, 6) is -0.410. The van der Waals surface area contributed by atoms with Crippen LogP contribution in [-0.2, 0) is 0 Å². The van der Waals surface area contributed by atoms with Crippen LogP contribution in [0, 0.1) is 10.1 Å². The second-order valence-electron chi connectivity index (χ2n) is 3.75. The Balaban J connectivity index is 2.89. The minimum Gasteiger partial charge on any atom is -0.352 e. The Kier molecular flexibility index (Phi) is 6.08. The van der Waals surface area contributed by atoms with Gasteiger partial charge in [0.15, 0.2) is 0 Å². The predicted octanol–water partition coefficient (Wildman–Crippen LogP) is 3.01. The molecule has 0 radical (unpaired) electrons. The molecule has 1 aromatic carbocycles. The molecule has 0 saturated heterocycles. The summed E-state index contributed by atoms with van der Waals surface area (Å²) in [6.45, 7) is 2.36. The number of nitro groups is 1. The zero-order valence-corrected chi connectivity index (χ0v) is 11.7. The fraction of sp³-hybridized carbons (Fsp3) is 0.308. The molecule has 1 aromatic rings. The Labute approximate surface area is 116 Å². The average molecular weight is 280 g/mol. The molecule has 19 heavy (non-hydrogen) atoms. The number of allylic oxidation sites excluding steroid dienone is 1. The zero-order valence-electron chi connectivity index (χ0n) is 10.9. The van der Waals surface area contributed by atoms with Crippen molar-refractivity contribution in [2.24, 2.45) is 0 Å². The third-order valence-corrected chi connectivity index (χ3v) is 3.20. The fourth-order valence-corrected chi connectivity index (χ4v) is 1.95. The van der Waals surface area contributed by atoms with Gasteiger partial charge in [-0.05, 0) is 31.7 Å². The Morgan fingerprint density at radius 2 is 2.26 bits per heavy atom. The summed E-state index contributed by atoms with van der Waals surface area (Å²) in [5, 5.41) is 13.6. The maximum Gasteiger partial charge on any atom is 0.282 e. The van der Waals surface area contributed by atoms with Crippen molar-refractivity contribution in [1.82, 2.24) is 5.32 Å². The van der Waals surface area contributed by atoms with E-state index in [2.05, 4.69) is 5.32 Å². The summed E-state index contributed by atoms with van der Waals surface area (Å²) in [5.41, 5.74) is -0.0568. The summed E-state index contributed by atoms with van der Waals surface area (Å²) in [6.07, 6.45) is 6.38. The first-order valence-electron chi connectivity index (χ1n) is 5.82. The van der Waals surface area contributed by atoms with E-state index in [1.165, 1.54) is 17.8 Å². The Bertz CT molecular complexity index is 501. The summed E-state index contributed by atoms with van der Waals surface area (Å²) in [4.78, 5) is 23.1. The summed E-state index contributed by atoms with van der Waals surface area (Å²) >= 11 is 1.44. The van der Waals surface area contributed by atoms with E-state index in [0.717, 1.165) is 4.90 Å². The first kappa shape index (κ1) is 15.2. The summed E-state index contributed by atoms with van der Waals surface area (Å²) in [6, 6.07) is 4.56. The molecule has 1 rings (SSSR count). The van der Waals surface area contributed by atoms with Crippen LogP contribution in [0.5, 0.6) is 0 Å². The number of rotatable bonds is 6. The first-order valence-corrected chi connectivity index (χ1v) is 7.04. The van der Waals surface area contributed by atoms with Crippen LogP contribution >= 0.6 is 11.8 Å².